The summed E-state index contributed by atoms with van der Waals surface area (Å²) in [5.74, 6) is -0.635. The molecule has 0 aliphatic carbocycles. The molecule has 3 N–H and O–H groups in total. The summed E-state index contributed by atoms with van der Waals surface area (Å²) in [5.41, 5.74) is 5.57. The minimum atomic E-state index is -0.588. The van der Waals surface area contributed by atoms with Crippen molar-refractivity contribution in [2.75, 3.05) is 21.3 Å². The number of halogens is 1. The topological polar surface area (TPSA) is 102 Å². The fourth-order valence-corrected chi connectivity index (χ4v) is 2.69. The van der Waals surface area contributed by atoms with E-state index in [9.17, 15) is 14.0 Å². The van der Waals surface area contributed by atoms with Crippen molar-refractivity contribution in [1.29, 1.82) is 0 Å². The summed E-state index contributed by atoms with van der Waals surface area (Å²) >= 11 is 0. The Balaban J connectivity index is 1.74. The lowest BCUT2D eigenvalue weighted by Crippen LogP contribution is -2.41. The molecule has 0 aliphatic rings. The van der Waals surface area contributed by atoms with Crippen molar-refractivity contribution in [3.05, 3.63) is 53.5 Å². The molecule has 0 atom stereocenters. The highest BCUT2D eigenvalue weighted by atomic mass is 19.1. The minimum Gasteiger partial charge on any atom is -0.493 e. The Morgan fingerprint density at radius 3 is 2.14 bits per heavy atom. The maximum Gasteiger partial charge on any atom is 0.286 e. The SMILES string of the molecule is COc1cc(C(=O)NNC(=O)c2cc3cc(F)ccc3[nH]2)cc(OC)c1OC. The van der Waals surface area contributed by atoms with E-state index in [4.69, 9.17) is 14.2 Å². The molecule has 0 saturated heterocycles. The lowest BCUT2D eigenvalue weighted by atomic mass is 10.1. The van der Waals surface area contributed by atoms with E-state index in [0.717, 1.165) is 0 Å². The second-order valence-electron chi connectivity index (χ2n) is 5.74. The number of aromatic amines is 1. The van der Waals surface area contributed by atoms with Crippen molar-refractivity contribution in [3.63, 3.8) is 0 Å². The number of H-pyrrole nitrogens is 1. The van der Waals surface area contributed by atoms with Gasteiger partial charge in [0.2, 0.25) is 5.75 Å². The maximum absolute atomic E-state index is 13.3. The Kier molecular flexibility index (Phi) is 5.35. The molecule has 0 unspecified atom stereocenters. The number of amides is 2. The number of ether oxygens (including phenoxy) is 3. The highest BCUT2D eigenvalue weighted by Gasteiger charge is 2.18. The molecule has 0 bridgehead atoms. The van der Waals surface area contributed by atoms with Crippen LogP contribution in [0.2, 0.25) is 0 Å². The first kappa shape index (κ1) is 19.0. The second kappa shape index (κ2) is 7.87. The lowest BCUT2D eigenvalue weighted by Gasteiger charge is -2.14. The van der Waals surface area contributed by atoms with Crippen LogP contribution in [0.1, 0.15) is 20.8 Å². The first-order valence-corrected chi connectivity index (χ1v) is 8.15. The van der Waals surface area contributed by atoms with Gasteiger partial charge in [0.1, 0.15) is 11.5 Å². The van der Waals surface area contributed by atoms with Crippen molar-refractivity contribution in [3.8, 4) is 17.2 Å². The van der Waals surface area contributed by atoms with E-state index in [-0.39, 0.29) is 11.3 Å². The normalized spacial score (nSPS) is 10.4. The number of rotatable bonds is 5. The monoisotopic (exact) mass is 387 g/mol. The van der Waals surface area contributed by atoms with Crippen molar-refractivity contribution < 1.29 is 28.2 Å². The maximum atomic E-state index is 13.3. The van der Waals surface area contributed by atoms with Gasteiger partial charge in [0.05, 0.1) is 21.3 Å². The number of benzene rings is 2. The molecule has 0 spiro atoms. The van der Waals surface area contributed by atoms with Crippen LogP contribution in [0.3, 0.4) is 0 Å². The molecule has 1 aromatic heterocycles. The fourth-order valence-electron chi connectivity index (χ4n) is 2.69. The molecule has 2 amide bonds. The molecular weight excluding hydrogens is 369 g/mol. The summed E-state index contributed by atoms with van der Waals surface area (Å²) in [7, 11) is 4.31. The Bertz CT molecular complexity index is 1020. The zero-order chi connectivity index (χ0) is 20.3. The fraction of sp³-hybridized carbons (Fsp3) is 0.158. The van der Waals surface area contributed by atoms with Crippen molar-refractivity contribution in [2.45, 2.75) is 0 Å². The number of carbonyl (C=O) groups is 2. The van der Waals surface area contributed by atoms with Gasteiger partial charge in [-0.3, -0.25) is 20.4 Å². The lowest BCUT2D eigenvalue weighted by molar-refractivity contribution is 0.0844. The second-order valence-corrected chi connectivity index (χ2v) is 5.74. The first-order valence-electron chi connectivity index (χ1n) is 8.15. The van der Waals surface area contributed by atoms with Gasteiger partial charge in [-0.05, 0) is 36.4 Å². The Morgan fingerprint density at radius 1 is 0.893 bits per heavy atom. The molecule has 28 heavy (non-hydrogen) atoms. The summed E-state index contributed by atoms with van der Waals surface area (Å²) in [6.45, 7) is 0. The third-order valence-electron chi connectivity index (χ3n) is 4.04. The molecular formula is C19H18FN3O5. The summed E-state index contributed by atoms with van der Waals surface area (Å²) in [6, 6.07) is 8.50. The van der Waals surface area contributed by atoms with Crippen molar-refractivity contribution in [1.82, 2.24) is 15.8 Å². The number of hydrogen-bond acceptors (Lipinski definition) is 5. The van der Waals surface area contributed by atoms with Gasteiger partial charge in [0.15, 0.2) is 11.5 Å². The molecule has 0 radical (unpaired) electrons. The van der Waals surface area contributed by atoms with Crippen LogP contribution in [0.15, 0.2) is 36.4 Å². The molecule has 2 aromatic carbocycles. The van der Waals surface area contributed by atoms with Gasteiger partial charge in [-0.25, -0.2) is 4.39 Å². The average Bonchev–Trinajstić information content (AvgIpc) is 3.13. The van der Waals surface area contributed by atoms with E-state index >= 15 is 0 Å². The predicted molar refractivity (Wildman–Crippen MR) is 99.3 cm³/mol. The van der Waals surface area contributed by atoms with Gasteiger partial charge in [-0.15, -0.1) is 0 Å². The van der Waals surface area contributed by atoms with Crippen LogP contribution < -0.4 is 25.1 Å². The number of fused-ring (bicyclic) bond motifs is 1. The van der Waals surface area contributed by atoms with E-state index in [0.29, 0.717) is 28.2 Å². The van der Waals surface area contributed by atoms with Crippen LogP contribution >= 0.6 is 0 Å². The molecule has 1 heterocycles. The van der Waals surface area contributed by atoms with Crippen molar-refractivity contribution in [2.24, 2.45) is 0 Å². The van der Waals surface area contributed by atoms with Crippen LogP contribution in [-0.4, -0.2) is 38.1 Å². The highest BCUT2D eigenvalue weighted by Crippen LogP contribution is 2.38. The standard InChI is InChI=1S/C19H18FN3O5/c1-26-15-8-11(9-16(27-2)17(15)28-3)18(24)22-23-19(25)14-7-10-6-12(20)4-5-13(10)21-14/h4-9,21H,1-3H3,(H,22,24)(H,23,25). The van der Waals surface area contributed by atoms with Crippen LogP contribution in [0.4, 0.5) is 4.39 Å². The molecule has 3 aromatic rings. The van der Waals surface area contributed by atoms with E-state index in [1.165, 1.54) is 57.7 Å². The van der Waals surface area contributed by atoms with Gasteiger partial charge in [-0.2, -0.15) is 0 Å². The van der Waals surface area contributed by atoms with Gasteiger partial charge < -0.3 is 19.2 Å². The number of carbonyl (C=O) groups excluding carboxylic acids is 2. The van der Waals surface area contributed by atoms with Crippen LogP contribution in [0, 0.1) is 5.82 Å². The van der Waals surface area contributed by atoms with E-state index < -0.39 is 17.6 Å². The number of hydrogen-bond donors (Lipinski definition) is 3. The molecule has 146 valence electrons. The largest absolute Gasteiger partial charge is 0.493 e. The summed E-state index contributed by atoms with van der Waals surface area (Å²) in [5, 5.41) is 0.543. The summed E-state index contributed by atoms with van der Waals surface area (Å²) in [4.78, 5) is 27.5. The molecule has 0 aliphatic heterocycles. The van der Waals surface area contributed by atoms with E-state index in [1.54, 1.807) is 0 Å². The van der Waals surface area contributed by atoms with Crippen LogP contribution in [0.5, 0.6) is 17.2 Å². The van der Waals surface area contributed by atoms with Gasteiger partial charge in [0.25, 0.3) is 11.8 Å². The summed E-state index contributed by atoms with van der Waals surface area (Å²) < 4.78 is 28.9. The smallest absolute Gasteiger partial charge is 0.286 e. The summed E-state index contributed by atoms with van der Waals surface area (Å²) in [6.07, 6.45) is 0. The highest BCUT2D eigenvalue weighted by molar-refractivity contribution is 6.01. The molecule has 0 saturated carbocycles. The van der Waals surface area contributed by atoms with Crippen molar-refractivity contribution >= 4 is 22.7 Å². The third-order valence-corrected chi connectivity index (χ3v) is 4.04. The van der Waals surface area contributed by atoms with Crippen LogP contribution in [0.25, 0.3) is 10.9 Å². The van der Waals surface area contributed by atoms with E-state index in [2.05, 4.69) is 15.8 Å². The zero-order valence-corrected chi connectivity index (χ0v) is 15.4. The molecule has 8 nitrogen and oxygen atoms in total. The van der Waals surface area contributed by atoms with E-state index in [1.807, 2.05) is 0 Å². The molecule has 3 rings (SSSR count). The third kappa shape index (κ3) is 3.68. The van der Waals surface area contributed by atoms with Gasteiger partial charge in [-0.1, -0.05) is 0 Å². The Labute approximate surface area is 159 Å². The van der Waals surface area contributed by atoms with Crippen LogP contribution in [-0.2, 0) is 0 Å². The number of nitrogens with one attached hydrogen (secondary N) is 3. The first-order chi connectivity index (χ1) is 13.5. The minimum absolute atomic E-state index is 0.172. The van der Waals surface area contributed by atoms with Gasteiger partial charge >= 0.3 is 0 Å². The zero-order valence-electron chi connectivity index (χ0n) is 15.4. The number of aromatic nitrogens is 1. The van der Waals surface area contributed by atoms with Gasteiger partial charge in [0, 0.05) is 16.5 Å². The molecule has 9 heteroatoms. The average molecular weight is 387 g/mol. The Morgan fingerprint density at radius 2 is 1.54 bits per heavy atom. The Hall–Kier alpha value is -3.75. The quantitative estimate of drug-likeness (QED) is 0.584. The molecule has 0 fully saturated rings. The number of methoxy groups -OCH3 is 3. The predicted octanol–water partition coefficient (Wildman–Crippen LogP) is 2.41. The number of hydrazine groups is 1.